The minimum atomic E-state index is -1.25. The minimum absolute atomic E-state index is 0.150. The molecular weight excluding hydrogens is 293 g/mol. The second-order valence-corrected chi connectivity index (χ2v) is 4.21. The summed E-state index contributed by atoms with van der Waals surface area (Å²) in [4.78, 5) is 14.4. The van der Waals surface area contributed by atoms with Crippen LogP contribution < -0.4 is 0 Å². The zero-order valence-corrected chi connectivity index (χ0v) is 10.3. The fourth-order valence-corrected chi connectivity index (χ4v) is 1.71. The van der Waals surface area contributed by atoms with Crippen LogP contribution in [-0.4, -0.2) is 25.8 Å². The van der Waals surface area contributed by atoms with Crippen molar-refractivity contribution in [3.63, 3.8) is 0 Å². The first-order chi connectivity index (χ1) is 7.99. The van der Waals surface area contributed by atoms with E-state index in [0.717, 1.165) is 4.68 Å². The Bertz CT molecular complexity index is 597. The van der Waals surface area contributed by atoms with Gasteiger partial charge in [-0.1, -0.05) is 15.9 Å². The van der Waals surface area contributed by atoms with E-state index in [9.17, 15) is 9.18 Å². The minimum Gasteiger partial charge on any atom is -0.475 e. The van der Waals surface area contributed by atoms with Crippen molar-refractivity contribution in [2.75, 3.05) is 0 Å². The molecule has 0 bridgehead atoms. The molecule has 5 nitrogen and oxygen atoms in total. The van der Waals surface area contributed by atoms with Crippen LogP contribution in [0.15, 0.2) is 22.7 Å². The maximum Gasteiger partial charge on any atom is 0.375 e. The van der Waals surface area contributed by atoms with Gasteiger partial charge in [-0.2, -0.15) is 0 Å². The summed E-state index contributed by atoms with van der Waals surface area (Å²) in [5, 5.41) is 12.5. The van der Waals surface area contributed by atoms with Crippen molar-refractivity contribution in [2.24, 2.45) is 0 Å². The van der Waals surface area contributed by atoms with Crippen molar-refractivity contribution < 1.29 is 14.3 Å². The first-order valence-corrected chi connectivity index (χ1v) is 5.40. The van der Waals surface area contributed by atoms with E-state index in [1.807, 2.05) is 0 Å². The number of nitrogens with zero attached hydrogens (tertiary/aromatic N) is 3. The number of carboxylic acid groups (broad SMARTS) is 1. The molecular formula is C10H7BrFN3O2. The van der Waals surface area contributed by atoms with Gasteiger partial charge in [0.1, 0.15) is 17.3 Å². The molecule has 17 heavy (non-hydrogen) atoms. The molecule has 0 atom stereocenters. The van der Waals surface area contributed by atoms with Crippen LogP contribution in [0.25, 0.3) is 5.69 Å². The summed E-state index contributed by atoms with van der Waals surface area (Å²) in [6, 6.07) is 4.31. The molecule has 2 aromatic rings. The highest BCUT2D eigenvalue weighted by molar-refractivity contribution is 9.10. The number of aromatic carboxylic acids is 1. The van der Waals surface area contributed by atoms with Gasteiger partial charge in [-0.25, -0.2) is 18.9 Å². The van der Waals surface area contributed by atoms with Crippen molar-refractivity contribution >= 4 is 21.9 Å². The second-order valence-electron chi connectivity index (χ2n) is 3.30. The largest absolute Gasteiger partial charge is 0.475 e. The van der Waals surface area contributed by atoms with Crippen LogP contribution >= 0.6 is 15.9 Å². The SMILES string of the molecule is Cc1nc(C(=O)O)nn1-c1cc(Br)ccc1F. The Balaban J connectivity index is 2.60. The highest BCUT2D eigenvalue weighted by atomic mass is 79.9. The predicted octanol–water partition coefficient (Wildman–Crippen LogP) is 2.18. The summed E-state index contributed by atoms with van der Waals surface area (Å²) in [7, 11) is 0. The van der Waals surface area contributed by atoms with Crippen LogP contribution in [0.5, 0.6) is 0 Å². The quantitative estimate of drug-likeness (QED) is 0.923. The second kappa shape index (κ2) is 4.25. The molecule has 0 spiro atoms. The topological polar surface area (TPSA) is 68.0 Å². The van der Waals surface area contributed by atoms with Crippen LogP contribution in [0.4, 0.5) is 4.39 Å². The van der Waals surface area contributed by atoms with Gasteiger partial charge < -0.3 is 5.11 Å². The average molecular weight is 300 g/mol. The standard InChI is InChI=1S/C10H7BrFN3O2/c1-5-13-9(10(16)17)14-15(5)8-4-6(11)2-3-7(8)12/h2-4H,1H3,(H,16,17). The molecule has 0 fully saturated rings. The molecule has 1 aromatic heterocycles. The highest BCUT2D eigenvalue weighted by Crippen LogP contribution is 2.19. The third kappa shape index (κ3) is 2.19. The number of aryl methyl sites for hydroxylation is 1. The van der Waals surface area contributed by atoms with Gasteiger partial charge in [0, 0.05) is 4.47 Å². The fourth-order valence-electron chi connectivity index (χ4n) is 1.36. The smallest absolute Gasteiger partial charge is 0.375 e. The van der Waals surface area contributed by atoms with Crippen molar-refractivity contribution in [1.82, 2.24) is 14.8 Å². The summed E-state index contributed by atoms with van der Waals surface area (Å²) in [5.41, 5.74) is 0.150. The van der Waals surface area contributed by atoms with Crippen LogP contribution in [-0.2, 0) is 0 Å². The Kier molecular flexibility index (Phi) is 2.93. The number of hydrogen-bond donors (Lipinski definition) is 1. The van der Waals surface area contributed by atoms with Crippen LogP contribution in [0.1, 0.15) is 16.4 Å². The molecule has 0 aliphatic rings. The Morgan fingerprint density at radius 1 is 1.53 bits per heavy atom. The number of benzene rings is 1. The summed E-state index contributed by atoms with van der Waals surface area (Å²) in [6.07, 6.45) is 0. The number of aromatic nitrogens is 3. The molecule has 0 aliphatic heterocycles. The lowest BCUT2D eigenvalue weighted by atomic mass is 10.3. The first kappa shape index (κ1) is 11.7. The molecule has 0 saturated carbocycles. The van der Waals surface area contributed by atoms with Gasteiger partial charge in [-0.05, 0) is 25.1 Å². The number of halogens is 2. The maximum absolute atomic E-state index is 13.6. The van der Waals surface area contributed by atoms with Gasteiger partial charge in [-0.15, -0.1) is 5.10 Å². The van der Waals surface area contributed by atoms with E-state index in [1.54, 1.807) is 13.0 Å². The van der Waals surface area contributed by atoms with Gasteiger partial charge in [0.25, 0.3) is 5.82 Å². The lowest BCUT2D eigenvalue weighted by Gasteiger charge is -2.04. The van der Waals surface area contributed by atoms with Crippen molar-refractivity contribution in [1.29, 1.82) is 0 Å². The number of carbonyl (C=O) groups is 1. The molecule has 88 valence electrons. The molecule has 0 saturated heterocycles. The van der Waals surface area contributed by atoms with Gasteiger partial charge in [-0.3, -0.25) is 0 Å². The van der Waals surface area contributed by atoms with Gasteiger partial charge >= 0.3 is 5.97 Å². The molecule has 1 heterocycles. The first-order valence-electron chi connectivity index (χ1n) is 4.61. The Hall–Kier alpha value is -1.76. The van der Waals surface area contributed by atoms with Crippen molar-refractivity contribution in [2.45, 2.75) is 6.92 Å². The van der Waals surface area contributed by atoms with E-state index in [1.165, 1.54) is 12.1 Å². The average Bonchev–Trinajstić information content (AvgIpc) is 2.64. The third-order valence-corrected chi connectivity index (χ3v) is 2.59. The van der Waals surface area contributed by atoms with Gasteiger partial charge in [0.15, 0.2) is 0 Å². The van der Waals surface area contributed by atoms with E-state index in [4.69, 9.17) is 5.11 Å². The molecule has 0 radical (unpaired) electrons. The summed E-state index contributed by atoms with van der Waals surface area (Å²) in [6.45, 7) is 1.56. The monoisotopic (exact) mass is 299 g/mol. The predicted molar refractivity (Wildman–Crippen MR) is 60.7 cm³/mol. The zero-order valence-electron chi connectivity index (χ0n) is 8.69. The fraction of sp³-hybridized carbons (Fsp3) is 0.100. The van der Waals surface area contributed by atoms with E-state index in [-0.39, 0.29) is 11.5 Å². The number of rotatable bonds is 2. The van der Waals surface area contributed by atoms with E-state index >= 15 is 0 Å². The molecule has 0 amide bonds. The summed E-state index contributed by atoms with van der Waals surface area (Å²) >= 11 is 3.21. The third-order valence-electron chi connectivity index (χ3n) is 2.10. The maximum atomic E-state index is 13.6. The Labute approximate surface area is 104 Å². The van der Waals surface area contributed by atoms with Crippen LogP contribution in [0.2, 0.25) is 0 Å². The van der Waals surface area contributed by atoms with E-state index in [2.05, 4.69) is 26.0 Å². The van der Waals surface area contributed by atoms with Crippen molar-refractivity contribution in [3.05, 3.63) is 40.1 Å². The number of carboxylic acids is 1. The highest BCUT2D eigenvalue weighted by Gasteiger charge is 2.16. The van der Waals surface area contributed by atoms with Gasteiger partial charge in [0.2, 0.25) is 0 Å². The molecule has 1 aromatic carbocycles. The molecule has 0 unspecified atom stereocenters. The van der Waals surface area contributed by atoms with Crippen LogP contribution in [0.3, 0.4) is 0 Å². The Morgan fingerprint density at radius 2 is 2.24 bits per heavy atom. The molecule has 2 rings (SSSR count). The summed E-state index contributed by atoms with van der Waals surface area (Å²) in [5.74, 6) is -1.80. The lowest BCUT2D eigenvalue weighted by Crippen LogP contribution is -2.04. The normalized spacial score (nSPS) is 10.5. The summed E-state index contributed by atoms with van der Waals surface area (Å²) < 4.78 is 15.4. The molecule has 0 aliphatic carbocycles. The van der Waals surface area contributed by atoms with Crippen LogP contribution in [0, 0.1) is 12.7 Å². The van der Waals surface area contributed by atoms with E-state index in [0.29, 0.717) is 10.3 Å². The number of hydrogen-bond acceptors (Lipinski definition) is 3. The Morgan fingerprint density at radius 3 is 2.82 bits per heavy atom. The molecule has 1 N–H and O–H groups in total. The van der Waals surface area contributed by atoms with Gasteiger partial charge in [0.05, 0.1) is 0 Å². The zero-order chi connectivity index (χ0) is 12.6. The lowest BCUT2D eigenvalue weighted by molar-refractivity contribution is 0.0683. The molecule has 7 heteroatoms. The van der Waals surface area contributed by atoms with E-state index < -0.39 is 11.8 Å². The van der Waals surface area contributed by atoms with Crippen molar-refractivity contribution in [3.8, 4) is 5.69 Å².